The molecule has 3 aliphatic rings. The predicted molar refractivity (Wildman–Crippen MR) is 118 cm³/mol. The number of nitrogens with zero attached hydrogens (tertiary/aromatic N) is 1. The molecule has 2 aromatic heterocycles. The van der Waals surface area contributed by atoms with Gasteiger partial charge in [-0.1, -0.05) is 0 Å². The van der Waals surface area contributed by atoms with Gasteiger partial charge in [-0.15, -0.1) is 11.3 Å². The summed E-state index contributed by atoms with van der Waals surface area (Å²) in [7, 11) is 0. The minimum absolute atomic E-state index is 0.0186. The van der Waals surface area contributed by atoms with Crippen molar-refractivity contribution in [1.29, 1.82) is 0 Å². The van der Waals surface area contributed by atoms with E-state index in [1.165, 1.54) is 18.7 Å². The number of carboxylic acid groups (broad SMARTS) is 1. The van der Waals surface area contributed by atoms with Crippen molar-refractivity contribution in [3.05, 3.63) is 46.0 Å². The van der Waals surface area contributed by atoms with Crippen LogP contribution in [0.5, 0.6) is 0 Å². The van der Waals surface area contributed by atoms with Gasteiger partial charge in [0, 0.05) is 43.1 Å². The van der Waals surface area contributed by atoms with Crippen LogP contribution in [-0.2, 0) is 27.2 Å². The van der Waals surface area contributed by atoms with Crippen molar-refractivity contribution >= 4 is 23.9 Å². The number of piperidine rings is 3. The van der Waals surface area contributed by atoms with E-state index < -0.39 is 6.47 Å². The molecule has 2 aromatic rings. The first-order valence-corrected chi connectivity index (χ1v) is 12.0. The van der Waals surface area contributed by atoms with Crippen LogP contribution in [0.3, 0.4) is 0 Å². The molecule has 0 unspecified atom stereocenters. The third kappa shape index (κ3) is 6.57. The summed E-state index contributed by atoms with van der Waals surface area (Å²) in [6.07, 6.45) is 4.43. The Morgan fingerprint density at radius 2 is 2.16 bits per heavy atom. The Balaban J connectivity index is 0.000000913. The van der Waals surface area contributed by atoms with E-state index in [1.54, 1.807) is 17.6 Å². The van der Waals surface area contributed by atoms with Crippen LogP contribution in [0.25, 0.3) is 0 Å². The van der Waals surface area contributed by atoms with Crippen molar-refractivity contribution in [2.24, 2.45) is 5.92 Å². The van der Waals surface area contributed by atoms with E-state index in [1.807, 2.05) is 19.1 Å². The Morgan fingerprint density at radius 1 is 1.38 bits per heavy atom. The van der Waals surface area contributed by atoms with Crippen LogP contribution in [0.15, 0.2) is 34.3 Å². The quantitative estimate of drug-likeness (QED) is 0.347. The lowest BCUT2D eigenvalue weighted by molar-refractivity contribution is -0.946. The zero-order valence-corrected chi connectivity index (χ0v) is 19.3. The van der Waals surface area contributed by atoms with Crippen LogP contribution in [-0.4, -0.2) is 62.5 Å². The van der Waals surface area contributed by atoms with Gasteiger partial charge in [-0.05, 0) is 36.1 Å². The summed E-state index contributed by atoms with van der Waals surface area (Å²) in [5.41, 5.74) is 1.19. The molecule has 3 saturated heterocycles. The lowest BCUT2D eigenvalue weighted by Crippen LogP contribution is -2.65. The lowest BCUT2D eigenvalue weighted by Gasteiger charge is -2.51. The van der Waals surface area contributed by atoms with Crippen molar-refractivity contribution in [2.45, 2.75) is 38.8 Å². The van der Waals surface area contributed by atoms with Crippen LogP contribution >= 0.6 is 11.3 Å². The van der Waals surface area contributed by atoms with Crippen LogP contribution in [0.2, 0.25) is 0 Å². The highest BCUT2D eigenvalue weighted by Gasteiger charge is 2.47. The first kappa shape index (κ1) is 24.3. The largest absolute Gasteiger partial charge is 0.554 e. The number of fused-ring (bicyclic) bond motifs is 3. The second-order valence-corrected chi connectivity index (χ2v) is 9.25. The number of carbonyl (C=O) groups excluding carboxylic acids is 2. The standard InChI is InChI=1S/C22H30N2O4S.CH2O2/c1-2-26-12-10-24-8-5-17(6-9-24)20(16-24)28-22(25)23-15-21-18(7-13-29-21)14-19-4-3-11-27-19;2-1-3/h3-4,7,11,13,17,20H,2,5-6,8-10,12,14-16H2,1H3;1H,(H,2,3)/t17?,20-,24?;/m0./s1. The lowest BCUT2D eigenvalue weighted by atomic mass is 9.83. The fourth-order valence-corrected chi connectivity index (χ4v) is 5.53. The van der Waals surface area contributed by atoms with Crippen molar-refractivity contribution in [3.8, 4) is 0 Å². The highest BCUT2D eigenvalue weighted by molar-refractivity contribution is 7.10. The number of amides is 1. The highest BCUT2D eigenvalue weighted by atomic mass is 32.1. The van der Waals surface area contributed by atoms with E-state index >= 15 is 0 Å². The normalized spacial score (nSPS) is 23.8. The number of thiophene rings is 1. The molecule has 2 bridgehead atoms. The van der Waals surface area contributed by atoms with E-state index in [0.717, 1.165) is 60.7 Å². The number of hydrogen-bond acceptors (Lipinski definition) is 7. The molecule has 176 valence electrons. The molecule has 5 heterocycles. The Labute approximate surface area is 192 Å². The molecule has 1 amide bonds. The maximum Gasteiger partial charge on any atom is 0.407 e. The molecule has 0 saturated carbocycles. The molecule has 0 radical (unpaired) electrons. The summed E-state index contributed by atoms with van der Waals surface area (Å²) in [5, 5.41) is 13.3. The average Bonchev–Trinajstić information content (AvgIpc) is 3.46. The first-order chi connectivity index (χ1) is 15.6. The second kappa shape index (κ2) is 12.0. The molecule has 1 atom stereocenters. The van der Waals surface area contributed by atoms with Crippen LogP contribution in [0, 0.1) is 5.92 Å². The third-order valence-electron chi connectivity index (χ3n) is 6.39. The first-order valence-electron chi connectivity index (χ1n) is 11.1. The van der Waals surface area contributed by atoms with Gasteiger partial charge in [0.05, 0.1) is 32.5 Å². The number of rotatable bonds is 9. The number of furan rings is 1. The molecule has 1 N–H and O–H groups in total. The Hall–Kier alpha value is -2.36. The zero-order valence-electron chi connectivity index (χ0n) is 18.5. The van der Waals surface area contributed by atoms with Crippen molar-refractivity contribution in [2.75, 3.05) is 39.4 Å². The van der Waals surface area contributed by atoms with Crippen LogP contribution in [0.1, 0.15) is 36.0 Å². The number of alkyl carbamates (subject to hydrolysis) is 1. The summed E-state index contributed by atoms with van der Waals surface area (Å²) in [6, 6.07) is 5.96. The molecule has 0 aliphatic carbocycles. The summed E-state index contributed by atoms with van der Waals surface area (Å²) in [5.74, 6) is 1.43. The average molecular weight is 465 g/mol. The molecular weight excluding hydrogens is 432 g/mol. The van der Waals surface area contributed by atoms with E-state index in [2.05, 4.69) is 16.8 Å². The number of hydrogen-bond donors (Lipinski definition) is 1. The molecular formula is C23H32N2O6S. The molecule has 9 heteroatoms. The summed E-state index contributed by atoms with van der Waals surface area (Å²) >= 11 is 1.65. The van der Waals surface area contributed by atoms with Gasteiger partial charge in [0.1, 0.15) is 18.8 Å². The maximum absolute atomic E-state index is 12.5. The van der Waals surface area contributed by atoms with Gasteiger partial charge in [0.15, 0.2) is 6.10 Å². The van der Waals surface area contributed by atoms with Gasteiger partial charge >= 0.3 is 6.09 Å². The summed E-state index contributed by atoms with van der Waals surface area (Å²) in [4.78, 5) is 21.9. The van der Waals surface area contributed by atoms with Crippen molar-refractivity contribution in [1.82, 2.24) is 5.32 Å². The van der Waals surface area contributed by atoms with Gasteiger partial charge in [-0.3, -0.25) is 0 Å². The van der Waals surface area contributed by atoms with E-state index in [4.69, 9.17) is 23.8 Å². The van der Waals surface area contributed by atoms with Crippen molar-refractivity contribution < 1.29 is 33.1 Å². The third-order valence-corrected chi connectivity index (χ3v) is 7.35. The van der Waals surface area contributed by atoms with Gasteiger partial charge in [-0.25, -0.2) is 4.79 Å². The topological polar surface area (TPSA) is 101 Å². The second-order valence-electron chi connectivity index (χ2n) is 8.25. The fraction of sp³-hybridized carbons (Fsp3) is 0.565. The summed E-state index contributed by atoms with van der Waals surface area (Å²) < 4.78 is 17.9. The van der Waals surface area contributed by atoms with Gasteiger partial charge in [0.2, 0.25) is 0 Å². The Bertz CT molecular complexity index is 829. The van der Waals surface area contributed by atoms with Gasteiger partial charge in [-0.2, -0.15) is 0 Å². The fourth-order valence-electron chi connectivity index (χ4n) is 4.68. The molecule has 32 heavy (non-hydrogen) atoms. The predicted octanol–water partition coefficient (Wildman–Crippen LogP) is 2.17. The van der Waals surface area contributed by atoms with E-state index in [0.29, 0.717) is 12.5 Å². The van der Waals surface area contributed by atoms with Crippen LogP contribution in [0.4, 0.5) is 4.79 Å². The molecule has 0 aromatic carbocycles. The van der Waals surface area contributed by atoms with E-state index in [-0.39, 0.29) is 12.2 Å². The maximum atomic E-state index is 12.5. The molecule has 3 aliphatic heterocycles. The Morgan fingerprint density at radius 3 is 2.84 bits per heavy atom. The number of quaternary nitrogens is 1. The zero-order chi connectivity index (χ0) is 22.8. The minimum atomic E-state index is -0.500. The molecule has 8 nitrogen and oxygen atoms in total. The van der Waals surface area contributed by atoms with Crippen molar-refractivity contribution in [3.63, 3.8) is 0 Å². The SMILES string of the molecule is CCOCC[N+]12CCC(CC1)[C@@H](OC(=O)NCc1sccc1Cc1ccco1)C2.O=C[O-]. The molecule has 3 fully saturated rings. The highest BCUT2D eigenvalue weighted by Crippen LogP contribution is 2.35. The monoisotopic (exact) mass is 464 g/mol. The smallest absolute Gasteiger partial charge is 0.407 e. The molecule has 0 spiro atoms. The van der Waals surface area contributed by atoms with Crippen LogP contribution < -0.4 is 10.4 Å². The summed E-state index contributed by atoms with van der Waals surface area (Å²) in [6.45, 7) is 7.89. The number of ether oxygens (including phenoxy) is 2. The number of carbonyl (C=O) groups is 2. The Kier molecular flexibility index (Phi) is 9.13. The van der Waals surface area contributed by atoms with E-state index in [9.17, 15) is 4.79 Å². The minimum Gasteiger partial charge on any atom is -0.554 e. The molecule has 5 rings (SSSR count). The van der Waals surface area contributed by atoms with Gasteiger partial charge < -0.3 is 33.6 Å². The number of nitrogens with one attached hydrogen (secondary N) is 1. The van der Waals surface area contributed by atoms with Gasteiger partial charge in [0.25, 0.3) is 0 Å².